The number of rotatable bonds is 3. The Morgan fingerprint density at radius 1 is 1.47 bits per heavy atom. The molecule has 1 aliphatic carbocycles. The molecule has 3 rings (SSSR count). The summed E-state index contributed by atoms with van der Waals surface area (Å²) in [5.74, 6) is 0. The Balaban J connectivity index is 2.16. The van der Waals surface area contributed by atoms with Gasteiger partial charge in [0.25, 0.3) is 5.69 Å². The molecule has 1 aliphatic rings. The van der Waals surface area contributed by atoms with Crippen LogP contribution >= 0.6 is 0 Å². The molecule has 2 N–H and O–H groups in total. The van der Waals surface area contributed by atoms with Crippen LogP contribution in [0.5, 0.6) is 0 Å². The summed E-state index contributed by atoms with van der Waals surface area (Å²) in [6.45, 7) is 0. The van der Waals surface area contributed by atoms with Crippen LogP contribution in [-0.2, 0) is 11.2 Å². The molecule has 1 heterocycles. The van der Waals surface area contributed by atoms with E-state index in [4.69, 9.17) is 0 Å². The van der Waals surface area contributed by atoms with Gasteiger partial charge in [-0.2, -0.15) is 0 Å². The first-order valence-electron chi connectivity index (χ1n) is 6.19. The number of aromatic nitrogens is 1. The van der Waals surface area contributed by atoms with Crippen LogP contribution in [0.3, 0.4) is 0 Å². The van der Waals surface area contributed by atoms with Crippen molar-refractivity contribution in [1.29, 1.82) is 0 Å². The number of carbonyl (C=O) groups excluding carboxylic acids is 1. The number of aryl methyl sites for hydroxylation is 1. The number of nitro groups is 1. The van der Waals surface area contributed by atoms with Crippen molar-refractivity contribution in [3.8, 4) is 0 Å². The molecule has 1 aromatic carbocycles. The highest BCUT2D eigenvalue weighted by atomic mass is 16.6. The molecular formula is C13H13N3O3. The second-order valence-electron chi connectivity index (χ2n) is 4.73. The maximum Gasteiger partial charge on any atom is 0.270 e. The molecule has 1 unspecified atom stereocenters. The highest BCUT2D eigenvalue weighted by molar-refractivity contribution is 5.87. The van der Waals surface area contributed by atoms with Crippen LogP contribution in [0.4, 0.5) is 5.69 Å². The zero-order valence-corrected chi connectivity index (χ0v) is 10.2. The molecule has 1 amide bonds. The minimum absolute atomic E-state index is 0.0206. The summed E-state index contributed by atoms with van der Waals surface area (Å²) < 4.78 is 0. The second-order valence-corrected chi connectivity index (χ2v) is 4.73. The summed E-state index contributed by atoms with van der Waals surface area (Å²) in [4.78, 5) is 24.4. The van der Waals surface area contributed by atoms with E-state index in [1.165, 1.54) is 6.07 Å². The van der Waals surface area contributed by atoms with Crippen LogP contribution in [-0.4, -0.2) is 16.3 Å². The molecule has 0 saturated heterocycles. The van der Waals surface area contributed by atoms with Gasteiger partial charge in [0.1, 0.15) is 0 Å². The second kappa shape index (κ2) is 4.38. The largest absolute Gasteiger partial charge is 0.356 e. The average Bonchev–Trinajstić information content (AvgIpc) is 2.78. The predicted molar refractivity (Wildman–Crippen MR) is 69.8 cm³/mol. The number of H-pyrrole nitrogens is 1. The summed E-state index contributed by atoms with van der Waals surface area (Å²) in [5, 5.41) is 14.5. The van der Waals surface area contributed by atoms with E-state index in [1.807, 2.05) is 0 Å². The van der Waals surface area contributed by atoms with Crippen LogP contribution < -0.4 is 5.32 Å². The highest BCUT2D eigenvalue weighted by Gasteiger charge is 2.24. The lowest BCUT2D eigenvalue weighted by Crippen LogP contribution is -2.23. The van der Waals surface area contributed by atoms with Crippen molar-refractivity contribution in [2.24, 2.45) is 0 Å². The van der Waals surface area contributed by atoms with Crippen LogP contribution in [0.1, 0.15) is 30.1 Å². The van der Waals surface area contributed by atoms with Gasteiger partial charge < -0.3 is 10.3 Å². The van der Waals surface area contributed by atoms with Crippen molar-refractivity contribution in [1.82, 2.24) is 10.3 Å². The number of non-ortho nitro benzene ring substituents is 1. The SMILES string of the molecule is O=CNC1CCCc2c1[nH]c1ccc([N+](=O)[O-])cc21. The maximum atomic E-state index is 10.8. The number of hydrogen-bond acceptors (Lipinski definition) is 3. The van der Waals surface area contributed by atoms with Gasteiger partial charge >= 0.3 is 0 Å². The first kappa shape index (κ1) is 11.7. The van der Waals surface area contributed by atoms with E-state index in [2.05, 4.69) is 10.3 Å². The molecule has 0 fully saturated rings. The van der Waals surface area contributed by atoms with Gasteiger partial charge in [0, 0.05) is 28.7 Å². The average molecular weight is 259 g/mol. The first-order valence-corrected chi connectivity index (χ1v) is 6.19. The number of nitrogens with one attached hydrogen (secondary N) is 2. The standard InChI is InChI=1S/C13H13N3O3/c17-7-14-12-3-1-2-9-10-6-8(16(18)19)4-5-11(10)15-13(9)12/h4-7,12,15H,1-3H2,(H,14,17). The molecule has 0 saturated carbocycles. The van der Waals surface area contributed by atoms with Gasteiger partial charge in [-0.05, 0) is 30.9 Å². The van der Waals surface area contributed by atoms with Gasteiger partial charge in [-0.25, -0.2) is 0 Å². The van der Waals surface area contributed by atoms with E-state index in [-0.39, 0.29) is 16.7 Å². The summed E-state index contributed by atoms with van der Waals surface area (Å²) in [6, 6.07) is 4.80. The van der Waals surface area contributed by atoms with Crippen LogP contribution in [0, 0.1) is 10.1 Å². The number of fused-ring (bicyclic) bond motifs is 3. The topological polar surface area (TPSA) is 88.0 Å². The third kappa shape index (κ3) is 1.85. The van der Waals surface area contributed by atoms with E-state index < -0.39 is 0 Å². The number of nitrogens with zero attached hydrogens (tertiary/aromatic N) is 1. The number of benzene rings is 1. The van der Waals surface area contributed by atoms with Crippen molar-refractivity contribution in [2.75, 3.05) is 0 Å². The molecule has 6 nitrogen and oxygen atoms in total. The Bertz CT molecular complexity index is 662. The fourth-order valence-electron chi connectivity index (χ4n) is 2.81. The lowest BCUT2D eigenvalue weighted by Gasteiger charge is -2.21. The van der Waals surface area contributed by atoms with E-state index in [1.54, 1.807) is 12.1 Å². The normalized spacial score (nSPS) is 18.0. The molecule has 0 aliphatic heterocycles. The monoisotopic (exact) mass is 259 g/mol. The maximum absolute atomic E-state index is 10.8. The van der Waals surface area contributed by atoms with Crippen molar-refractivity contribution < 1.29 is 9.72 Å². The van der Waals surface area contributed by atoms with Crippen molar-refractivity contribution in [3.63, 3.8) is 0 Å². The molecule has 2 aromatic rings. The van der Waals surface area contributed by atoms with Gasteiger partial charge in [-0.3, -0.25) is 14.9 Å². The number of amides is 1. The summed E-state index contributed by atoms with van der Waals surface area (Å²) in [5.41, 5.74) is 3.05. The van der Waals surface area contributed by atoms with Gasteiger partial charge in [-0.15, -0.1) is 0 Å². The third-order valence-electron chi connectivity index (χ3n) is 3.67. The number of aromatic amines is 1. The van der Waals surface area contributed by atoms with E-state index in [9.17, 15) is 14.9 Å². The minimum atomic E-state index is -0.386. The summed E-state index contributed by atoms with van der Waals surface area (Å²) in [6.07, 6.45) is 3.44. The van der Waals surface area contributed by atoms with Gasteiger partial charge in [0.15, 0.2) is 0 Å². The summed E-state index contributed by atoms with van der Waals surface area (Å²) >= 11 is 0. The van der Waals surface area contributed by atoms with Crippen LogP contribution in [0.2, 0.25) is 0 Å². The lowest BCUT2D eigenvalue weighted by molar-refractivity contribution is -0.384. The lowest BCUT2D eigenvalue weighted by atomic mass is 9.92. The van der Waals surface area contributed by atoms with E-state index in [0.29, 0.717) is 6.41 Å². The molecule has 19 heavy (non-hydrogen) atoms. The fourth-order valence-corrected chi connectivity index (χ4v) is 2.81. The van der Waals surface area contributed by atoms with Crippen LogP contribution in [0.15, 0.2) is 18.2 Å². The van der Waals surface area contributed by atoms with Gasteiger partial charge in [0.05, 0.1) is 11.0 Å². The quantitative estimate of drug-likeness (QED) is 0.503. The zero-order chi connectivity index (χ0) is 13.4. The third-order valence-corrected chi connectivity index (χ3v) is 3.67. The number of nitro benzene ring substituents is 1. The zero-order valence-electron chi connectivity index (χ0n) is 10.2. The fraction of sp³-hybridized carbons (Fsp3) is 0.308. The molecule has 0 spiro atoms. The van der Waals surface area contributed by atoms with Crippen LogP contribution in [0.25, 0.3) is 10.9 Å². The van der Waals surface area contributed by atoms with E-state index >= 15 is 0 Å². The Hall–Kier alpha value is -2.37. The molecular weight excluding hydrogens is 246 g/mol. The smallest absolute Gasteiger partial charge is 0.270 e. The molecule has 1 atom stereocenters. The minimum Gasteiger partial charge on any atom is -0.356 e. The molecule has 6 heteroatoms. The Labute approximate surface area is 109 Å². The predicted octanol–water partition coefficient (Wildman–Crippen LogP) is 2.20. The molecule has 1 aromatic heterocycles. The number of hydrogen-bond donors (Lipinski definition) is 2. The number of carbonyl (C=O) groups is 1. The van der Waals surface area contributed by atoms with Crippen molar-refractivity contribution >= 4 is 23.0 Å². The highest BCUT2D eigenvalue weighted by Crippen LogP contribution is 2.35. The molecule has 98 valence electrons. The Morgan fingerprint density at radius 2 is 2.32 bits per heavy atom. The van der Waals surface area contributed by atoms with Crippen molar-refractivity contribution in [2.45, 2.75) is 25.3 Å². The van der Waals surface area contributed by atoms with Gasteiger partial charge in [-0.1, -0.05) is 0 Å². The Morgan fingerprint density at radius 3 is 3.05 bits per heavy atom. The van der Waals surface area contributed by atoms with Gasteiger partial charge in [0.2, 0.25) is 6.41 Å². The Kier molecular flexibility index (Phi) is 2.70. The molecule has 0 bridgehead atoms. The van der Waals surface area contributed by atoms with E-state index in [0.717, 1.165) is 41.4 Å². The molecule has 0 radical (unpaired) electrons. The first-order chi connectivity index (χ1) is 9.20. The van der Waals surface area contributed by atoms with Crippen molar-refractivity contribution in [3.05, 3.63) is 39.6 Å². The summed E-state index contributed by atoms with van der Waals surface area (Å²) in [7, 11) is 0.